The minimum atomic E-state index is -0.673. The molecule has 12 nitrogen and oxygen atoms in total. The maximum absolute atomic E-state index is 15.2. The maximum Gasteiger partial charge on any atom is 0.315 e. The van der Waals surface area contributed by atoms with Crippen molar-refractivity contribution >= 4 is 63.7 Å². The highest BCUT2D eigenvalue weighted by Gasteiger charge is 2.43. The van der Waals surface area contributed by atoms with Gasteiger partial charge >= 0.3 is 6.03 Å². The van der Waals surface area contributed by atoms with Gasteiger partial charge in [-0.15, -0.1) is 27.8 Å². The van der Waals surface area contributed by atoms with E-state index in [1.54, 1.807) is 28.9 Å². The Morgan fingerprint density at radius 3 is 2.80 bits per heavy atom. The van der Waals surface area contributed by atoms with E-state index in [1.165, 1.54) is 45.8 Å². The number of amides is 4. The molecule has 0 aliphatic carbocycles. The van der Waals surface area contributed by atoms with Crippen LogP contribution in [0, 0.1) is 11.6 Å². The zero-order chi connectivity index (χ0) is 37.3. The van der Waals surface area contributed by atoms with Gasteiger partial charge in [0.2, 0.25) is 5.91 Å². The lowest BCUT2D eigenvalue weighted by Gasteiger charge is -2.43. The topological polar surface area (TPSA) is 137 Å². The number of thiazole rings is 1. The summed E-state index contributed by atoms with van der Waals surface area (Å²) in [6.07, 6.45) is 4.94. The molecule has 54 heavy (non-hydrogen) atoms. The van der Waals surface area contributed by atoms with Crippen LogP contribution in [0.4, 0.5) is 25.0 Å². The van der Waals surface area contributed by atoms with Crippen molar-refractivity contribution in [1.82, 2.24) is 35.9 Å². The van der Waals surface area contributed by atoms with E-state index in [0.717, 1.165) is 51.2 Å². The number of hydrogen-bond acceptors (Lipinski definition) is 10. The van der Waals surface area contributed by atoms with Gasteiger partial charge in [-0.25, -0.2) is 23.2 Å². The fourth-order valence-corrected chi connectivity index (χ4v) is 10.7. The third kappa shape index (κ3) is 7.44. The summed E-state index contributed by atoms with van der Waals surface area (Å²) in [5.41, 5.74) is 2.37. The molecular formula is C37H37F2N9O3S3. The number of carbonyl (C=O) groups excluding carboxylic acids is 3. The summed E-state index contributed by atoms with van der Waals surface area (Å²) in [6, 6.07) is 14.4. The van der Waals surface area contributed by atoms with Crippen molar-refractivity contribution in [1.29, 1.82) is 0 Å². The predicted octanol–water partition coefficient (Wildman–Crippen LogP) is 5.97. The van der Waals surface area contributed by atoms with Crippen LogP contribution in [0.2, 0.25) is 0 Å². The molecule has 2 saturated heterocycles. The number of benzene rings is 2. The van der Waals surface area contributed by atoms with Crippen LogP contribution in [0.5, 0.6) is 0 Å². The molecule has 0 bridgehead atoms. The number of nitrogens with one attached hydrogen (secondary N) is 3. The van der Waals surface area contributed by atoms with E-state index in [2.05, 4.69) is 26.3 Å². The lowest BCUT2D eigenvalue weighted by atomic mass is 10.0. The van der Waals surface area contributed by atoms with Gasteiger partial charge in [0.1, 0.15) is 22.8 Å². The van der Waals surface area contributed by atoms with Crippen LogP contribution >= 0.6 is 34.4 Å². The van der Waals surface area contributed by atoms with Crippen LogP contribution in [0.3, 0.4) is 0 Å². The first-order valence-electron chi connectivity index (χ1n) is 17.7. The fraction of sp³-hybridized carbons (Fsp3) is 0.351. The fourth-order valence-electron chi connectivity index (χ4n) is 7.23. The Morgan fingerprint density at radius 2 is 1.93 bits per heavy atom. The van der Waals surface area contributed by atoms with Crippen molar-refractivity contribution in [2.24, 2.45) is 0 Å². The summed E-state index contributed by atoms with van der Waals surface area (Å²) in [5, 5.41) is 20.7. The number of thioether (sulfide) groups is 1. The van der Waals surface area contributed by atoms with Gasteiger partial charge in [0, 0.05) is 53.9 Å². The largest absolute Gasteiger partial charge is 0.356 e. The van der Waals surface area contributed by atoms with E-state index in [9.17, 15) is 18.8 Å². The van der Waals surface area contributed by atoms with Gasteiger partial charge in [-0.1, -0.05) is 23.8 Å². The number of nitrogens with zero attached hydrogens (tertiary/aromatic N) is 6. The molecule has 4 amide bonds. The Labute approximate surface area is 322 Å². The first kappa shape index (κ1) is 36.1. The second-order valence-electron chi connectivity index (χ2n) is 13.5. The Balaban J connectivity index is 0.852. The molecule has 0 spiro atoms. The SMILES string of the molecule is CN1c2ccc(F)cc2C(=O)N(c2ccccc2F)C1c1ccc(-c2csc(Cn3cc(CCNC(=O)CCCC[C@@H]4SC[C@@H]5NC(=O)N[C@@H]54)nn3)n2)s1. The van der Waals surface area contributed by atoms with Crippen molar-refractivity contribution < 1.29 is 23.2 Å². The molecule has 3 aliphatic heterocycles. The summed E-state index contributed by atoms with van der Waals surface area (Å²) < 4.78 is 31.1. The van der Waals surface area contributed by atoms with E-state index < -0.39 is 23.7 Å². The van der Waals surface area contributed by atoms with E-state index in [4.69, 9.17) is 4.98 Å². The van der Waals surface area contributed by atoms with E-state index in [0.29, 0.717) is 36.9 Å². The molecule has 6 heterocycles. The molecule has 5 aromatic rings. The van der Waals surface area contributed by atoms with Crippen LogP contribution in [-0.4, -0.2) is 74.5 Å². The first-order chi connectivity index (χ1) is 26.2. The summed E-state index contributed by atoms with van der Waals surface area (Å²) in [5.74, 6) is -0.621. The smallest absolute Gasteiger partial charge is 0.315 e. The molecule has 1 unspecified atom stereocenters. The van der Waals surface area contributed by atoms with Crippen LogP contribution < -0.4 is 25.8 Å². The average Bonchev–Trinajstić information content (AvgIpc) is 4.00. The highest BCUT2D eigenvalue weighted by Crippen LogP contribution is 2.44. The van der Waals surface area contributed by atoms with Crippen molar-refractivity contribution in [3.8, 4) is 10.6 Å². The second kappa shape index (κ2) is 15.5. The van der Waals surface area contributed by atoms with Crippen molar-refractivity contribution in [2.75, 3.05) is 29.1 Å². The number of unbranched alkanes of at least 4 members (excludes halogenated alkanes) is 1. The standard InChI is InChI=1S/C37H37F2N9O3S3/c1-46-27-11-10-21(38)16-23(27)36(50)48(28-7-3-2-6-24(28)39)35(46)31-13-12-29(54-31)25-19-53-33(41-25)18-47-17-22(44-45-47)14-15-40-32(49)9-5-4-8-30-34-26(20-52-30)42-37(51)43-34/h2-3,6-7,10-13,16-17,19,26,30,34-35H,4-5,8-9,14-15,18,20H2,1H3,(H,40,49)(H2,42,43,51)/t26-,30-,34-,35?/m0/s1. The third-order valence-electron chi connectivity index (χ3n) is 9.86. The molecule has 3 N–H and O–H groups in total. The van der Waals surface area contributed by atoms with E-state index >= 15 is 4.39 Å². The number of thiophene rings is 1. The molecule has 2 aromatic carbocycles. The highest BCUT2D eigenvalue weighted by molar-refractivity contribution is 8.00. The van der Waals surface area contributed by atoms with Crippen molar-refractivity contribution in [2.45, 2.75) is 62.1 Å². The Kier molecular flexibility index (Phi) is 10.3. The van der Waals surface area contributed by atoms with Gasteiger partial charge in [0.15, 0.2) is 0 Å². The minimum Gasteiger partial charge on any atom is -0.356 e. The third-order valence-corrected chi connectivity index (χ3v) is 13.4. The summed E-state index contributed by atoms with van der Waals surface area (Å²) in [6.45, 7) is 0.898. The lowest BCUT2D eigenvalue weighted by molar-refractivity contribution is -0.121. The van der Waals surface area contributed by atoms with Gasteiger partial charge < -0.3 is 20.9 Å². The number of rotatable bonds is 13. The average molecular weight is 790 g/mol. The quantitative estimate of drug-likeness (QED) is 0.0982. The maximum atomic E-state index is 15.2. The zero-order valence-electron chi connectivity index (χ0n) is 29.2. The van der Waals surface area contributed by atoms with Gasteiger partial charge in [0.05, 0.1) is 51.8 Å². The molecule has 2 fully saturated rings. The zero-order valence-corrected chi connectivity index (χ0v) is 31.7. The van der Waals surface area contributed by atoms with Crippen LogP contribution in [0.25, 0.3) is 10.6 Å². The highest BCUT2D eigenvalue weighted by atomic mass is 32.2. The summed E-state index contributed by atoms with van der Waals surface area (Å²) in [4.78, 5) is 47.6. The van der Waals surface area contributed by atoms with Gasteiger partial charge in [0.25, 0.3) is 5.91 Å². The van der Waals surface area contributed by atoms with Crippen molar-refractivity contribution in [3.05, 3.63) is 99.0 Å². The second-order valence-corrected chi connectivity index (χ2v) is 16.8. The molecule has 3 aromatic heterocycles. The van der Waals surface area contributed by atoms with Crippen LogP contribution in [0.15, 0.2) is 66.2 Å². The lowest BCUT2D eigenvalue weighted by Crippen LogP contribution is -2.48. The number of carbonyl (C=O) groups is 3. The summed E-state index contributed by atoms with van der Waals surface area (Å²) >= 11 is 4.84. The molecule has 8 rings (SSSR count). The molecule has 17 heteroatoms. The number of hydrogen-bond donors (Lipinski definition) is 3. The number of aromatic nitrogens is 4. The van der Waals surface area contributed by atoms with Gasteiger partial charge in [-0.05, 0) is 55.3 Å². The first-order valence-corrected chi connectivity index (χ1v) is 20.5. The number of anilines is 2. The Bertz CT molecular complexity index is 2190. The minimum absolute atomic E-state index is 0.0177. The molecule has 3 aliphatic rings. The Hall–Kier alpha value is -4.87. The molecule has 280 valence electrons. The van der Waals surface area contributed by atoms with Crippen molar-refractivity contribution in [3.63, 3.8) is 0 Å². The molecular weight excluding hydrogens is 753 g/mol. The predicted molar refractivity (Wildman–Crippen MR) is 206 cm³/mol. The number of para-hydroxylation sites is 1. The molecule has 4 atom stereocenters. The number of fused-ring (bicyclic) bond motifs is 2. The molecule has 0 radical (unpaired) electrons. The summed E-state index contributed by atoms with van der Waals surface area (Å²) in [7, 11) is 1.81. The molecule has 0 saturated carbocycles. The number of halogens is 2. The normalized spacial score (nSPS) is 20.5. The van der Waals surface area contributed by atoms with Crippen LogP contribution in [-0.2, 0) is 17.8 Å². The number of urea groups is 1. The monoisotopic (exact) mass is 789 g/mol. The van der Waals surface area contributed by atoms with Gasteiger partial charge in [-0.2, -0.15) is 11.8 Å². The van der Waals surface area contributed by atoms with Gasteiger partial charge in [-0.3, -0.25) is 14.5 Å². The van der Waals surface area contributed by atoms with Crippen LogP contribution in [0.1, 0.15) is 57.8 Å². The Morgan fingerprint density at radius 1 is 1.06 bits per heavy atom. The van der Waals surface area contributed by atoms with E-state index in [1.807, 2.05) is 47.4 Å². The van der Waals surface area contributed by atoms with E-state index in [-0.39, 0.29) is 35.3 Å².